The Bertz CT molecular complexity index is 512. The van der Waals surface area contributed by atoms with Gasteiger partial charge < -0.3 is 0 Å². The molecule has 0 aliphatic carbocycles. The van der Waals surface area contributed by atoms with Crippen molar-refractivity contribution in [2.24, 2.45) is 5.14 Å². The molecule has 0 unspecified atom stereocenters. The van der Waals surface area contributed by atoms with Crippen LogP contribution in [0, 0.1) is 0 Å². The van der Waals surface area contributed by atoms with E-state index in [4.69, 9.17) is 5.14 Å². The van der Waals surface area contributed by atoms with Crippen LogP contribution < -0.4 is 5.14 Å². The summed E-state index contributed by atoms with van der Waals surface area (Å²) in [7, 11) is -3.81. The molecule has 13 heavy (non-hydrogen) atoms. The molecule has 2 N–H and O–H groups in total. The Labute approximate surface area is 74.1 Å². The summed E-state index contributed by atoms with van der Waals surface area (Å²) in [6, 6.07) is 5.09. The lowest BCUT2D eigenvalue weighted by atomic mass is 10.5. The molecule has 0 fully saturated rings. The fourth-order valence-electron chi connectivity index (χ4n) is 0.932. The first kappa shape index (κ1) is 8.14. The van der Waals surface area contributed by atoms with Crippen molar-refractivity contribution in [3.05, 3.63) is 24.4 Å². The first-order chi connectivity index (χ1) is 6.07. The van der Waals surface area contributed by atoms with Gasteiger partial charge in [-0.05, 0) is 12.1 Å². The van der Waals surface area contributed by atoms with Crippen molar-refractivity contribution in [3.63, 3.8) is 0 Å². The highest BCUT2D eigenvalue weighted by molar-refractivity contribution is 7.89. The molecule has 0 radical (unpaired) electrons. The summed E-state index contributed by atoms with van der Waals surface area (Å²) in [5.41, 5.74) is 0.450. The van der Waals surface area contributed by atoms with E-state index in [1.807, 2.05) is 0 Å². The Morgan fingerprint density at radius 3 is 2.77 bits per heavy atom. The number of sulfonamides is 1. The van der Waals surface area contributed by atoms with Crippen LogP contribution in [0.2, 0.25) is 0 Å². The van der Waals surface area contributed by atoms with Crippen molar-refractivity contribution >= 4 is 15.7 Å². The Morgan fingerprint density at radius 2 is 2.15 bits per heavy atom. The van der Waals surface area contributed by atoms with Crippen molar-refractivity contribution in [1.82, 2.24) is 14.6 Å². The van der Waals surface area contributed by atoms with Gasteiger partial charge in [-0.1, -0.05) is 6.07 Å². The average Bonchev–Trinajstić information content (AvgIpc) is 2.45. The SMILES string of the molecule is NS(=O)(=O)c1nc2ccccn2n1. The van der Waals surface area contributed by atoms with Gasteiger partial charge in [-0.3, -0.25) is 0 Å². The van der Waals surface area contributed by atoms with Crippen LogP contribution >= 0.6 is 0 Å². The standard InChI is InChI=1S/C6H6N4O2S/c7-13(11,12)6-8-5-3-1-2-4-10(5)9-6/h1-4H,(H2,7,11,12). The molecule has 2 rings (SSSR count). The quantitative estimate of drug-likeness (QED) is 0.661. The molecule has 0 amide bonds. The van der Waals surface area contributed by atoms with Crippen molar-refractivity contribution < 1.29 is 8.42 Å². The van der Waals surface area contributed by atoms with Gasteiger partial charge in [0.05, 0.1) is 0 Å². The maximum atomic E-state index is 10.8. The lowest BCUT2D eigenvalue weighted by Gasteiger charge is -1.85. The van der Waals surface area contributed by atoms with Gasteiger partial charge in [0.2, 0.25) is 0 Å². The third kappa shape index (κ3) is 1.38. The van der Waals surface area contributed by atoms with Gasteiger partial charge in [0.15, 0.2) is 5.65 Å². The van der Waals surface area contributed by atoms with Crippen LogP contribution in [0.4, 0.5) is 0 Å². The van der Waals surface area contributed by atoms with Crippen LogP contribution in [0.25, 0.3) is 5.65 Å². The second-order valence-corrected chi connectivity index (χ2v) is 3.90. The summed E-state index contributed by atoms with van der Waals surface area (Å²) in [5.74, 6) is 0. The molecule has 7 heteroatoms. The monoisotopic (exact) mass is 198 g/mol. The molecule has 0 bridgehead atoms. The molecule has 0 spiro atoms. The Kier molecular flexibility index (Phi) is 1.57. The van der Waals surface area contributed by atoms with E-state index in [9.17, 15) is 8.42 Å². The van der Waals surface area contributed by atoms with Gasteiger partial charge in [-0.2, -0.15) is 4.98 Å². The third-order valence-electron chi connectivity index (χ3n) is 1.48. The number of fused-ring (bicyclic) bond motifs is 1. The molecule has 0 saturated heterocycles. The van der Waals surface area contributed by atoms with Crippen LogP contribution in [0.3, 0.4) is 0 Å². The van der Waals surface area contributed by atoms with Crippen molar-refractivity contribution in [3.8, 4) is 0 Å². The maximum Gasteiger partial charge on any atom is 0.282 e. The second-order valence-electron chi connectivity index (χ2n) is 2.44. The lowest BCUT2D eigenvalue weighted by Crippen LogP contribution is -2.14. The Hall–Kier alpha value is -1.47. The molecule has 0 aliphatic heterocycles. The highest BCUT2D eigenvalue weighted by Crippen LogP contribution is 2.03. The summed E-state index contributed by atoms with van der Waals surface area (Å²) < 4.78 is 23.0. The summed E-state index contributed by atoms with van der Waals surface area (Å²) in [6.45, 7) is 0. The lowest BCUT2D eigenvalue weighted by molar-refractivity contribution is 0.588. The summed E-state index contributed by atoms with van der Waals surface area (Å²) in [5, 5.41) is 8.17. The van der Waals surface area contributed by atoms with E-state index in [0.717, 1.165) is 0 Å². The number of aromatic nitrogens is 3. The predicted molar refractivity (Wildman–Crippen MR) is 44.4 cm³/mol. The second kappa shape index (κ2) is 2.51. The first-order valence-corrected chi connectivity index (χ1v) is 4.96. The van der Waals surface area contributed by atoms with Gasteiger partial charge >= 0.3 is 0 Å². The van der Waals surface area contributed by atoms with Gasteiger partial charge in [0.25, 0.3) is 15.2 Å². The minimum atomic E-state index is -3.81. The molecule has 2 heterocycles. The number of rotatable bonds is 1. The van der Waals surface area contributed by atoms with Gasteiger partial charge in [0, 0.05) is 6.20 Å². The molecular formula is C6H6N4O2S. The Balaban J connectivity index is 2.77. The zero-order chi connectivity index (χ0) is 9.47. The number of hydrogen-bond acceptors (Lipinski definition) is 4. The van der Waals surface area contributed by atoms with E-state index in [-0.39, 0.29) is 5.16 Å². The Morgan fingerprint density at radius 1 is 1.38 bits per heavy atom. The zero-order valence-corrected chi connectivity index (χ0v) is 7.27. The van der Waals surface area contributed by atoms with Crippen molar-refractivity contribution in [2.45, 2.75) is 5.16 Å². The summed E-state index contributed by atoms with van der Waals surface area (Å²) >= 11 is 0. The first-order valence-electron chi connectivity index (χ1n) is 3.41. The molecule has 68 valence electrons. The fraction of sp³-hybridized carbons (Fsp3) is 0. The maximum absolute atomic E-state index is 10.8. The van der Waals surface area contributed by atoms with E-state index in [2.05, 4.69) is 10.1 Å². The molecule has 0 atom stereocenters. The van der Waals surface area contributed by atoms with Crippen LogP contribution in [0.1, 0.15) is 0 Å². The minimum absolute atomic E-state index is 0.362. The van der Waals surface area contributed by atoms with Crippen LogP contribution in [0.15, 0.2) is 29.6 Å². The van der Waals surface area contributed by atoms with Crippen LogP contribution in [-0.2, 0) is 10.0 Å². The highest BCUT2D eigenvalue weighted by Gasteiger charge is 2.14. The molecular weight excluding hydrogens is 192 g/mol. The molecule has 0 saturated carbocycles. The fourth-order valence-corrected chi connectivity index (χ4v) is 1.35. The molecule has 2 aromatic rings. The number of hydrogen-bond donors (Lipinski definition) is 1. The van der Waals surface area contributed by atoms with E-state index in [1.54, 1.807) is 24.4 Å². The van der Waals surface area contributed by atoms with Crippen molar-refractivity contribution in [2.75, 3.05) is 0 Å². The van der Waals surface area contributed by atoms with E-state index in [0.29, 0.717) is 5.65 Å². The van der Waals surface area contributed by atoms with Crippen LogP contribution in [-0.4, -0.2) is 23.0 Å². The number of nitrogens with zero attached hydrogens (tertiary/aromatic N) is 3. The largest absolute Gasteiger partial charge is 0.282 e. The highest BCUT2D eigenvalue weighted by atomic mass is 32.2. The molecule has 0 aliphatic rings. The predicted octanol–water partition coefficient (Wildman–Crippen LogP) is -0.623. The average molecular weight is 198 g/mol. The van der Waals surface area contributed by atoms with Crippen LogP contribution in [0.5, 0.6) is 0 Å². The van der Waals surface area contributed by atoms with Gasteiger partial charge in [-0.15, -0.1) is 5.10 Å². The normalized spacial score (nSPS) is 12.1. The minimum Gasteiger partial charge on any atom is -0.222 e. The smallest absolute Gasteiger partial charge is 0.222 e. The van der Waals surface area contributed by atoms with E-state index < -0.39 is 10.0 Å². The zero-order valence-electron chi connectivity index (χ0n) is 6.45. The number of primary sulfonamides is 1. The molecule has 0 aromatic carbocycles. The van der Waals surface area contributed by atoms with Gasteiger partial charge in [-0.25, -0.2) is 18.1 Å². The molecule has 6 nitrogen and oxygen atoms in total. The summed E-state index contributed by atoms with van der Waals surface area (Å²) in [6.07, 6.45) is 1.59. The molecule has 2 aromatic heterocycles. The van der Waals surface area contributed by atoms with Gasteiger partial charge in [0.1, 0.15) is 0 Å². The third-order valence-corrected chi connectivity index (χ3v) is 2.16. The number of pyridine rings is 1. The summed E-state index contributed by atoms with van der Waals surface area (Å²) in [4.78, 5) is 3.72. The van der Waals surface area contributed by atoms with E-state index in [1.165, 1.54) is 4.52 Å². The van der Waals surface area contributed by atoms with Crippen molar-refractivity contribution in [1.29, 1.82) is 0 Å². The van der Waals surface area contributed by atoms with E-state index >= 15 is 0 Å². The number of nitrogens with two attached hydrogens (primary N) is 1. The topological polar surface area (TPSA) is 90.4 Å².